The molecule has 6 nitrogen and oxygen atoms in total. The molecule has 0 spiro atoms. The van der Waals surface area contributed by atoms with E-state index in [4.69, 9.17) is 15.6 Å². The standard InChI is InChI=1S/C12H19N3O3S/c1-8-7-18-9(2)6-15(8)11-3-10(13)4-12(5-11)19(14,16)17/h3-5,8-9H,6-7,13H2,1-2H3,(H2,14,16,17). The Labute approximate surface area is 113 Å². The second-order valence-electron chi connectivity index (χ2n) is 4.95. The number of ether oxygens (including phenoxy) is 1. The van der Waals surface area contributed by atoms with Crippen LogP contribution in [0, 0.1) is 0 Å². The van der Waals surface area contributed by atoms with E-state index in [1.165, 1.54) is 6.07 Å². The van der Waals surface area contributed by atoms with Crippen molar-refractivity contribution < 1.29 is 13.2 Å². The molecule has 2 atom stereocenters. The first-order valence-electron chi connectivity index (χ1n) is 6.09. The molecule has 1 aromatic rings. The molecular formula is C12H19N3O3S. The van der Waals surface area contributed by atoms with Crippen molar-refractivity contribution in [3.05, 3.63) is 18.2 Å². The van der Waals surface area contributed by atoms with Gasteiger partial charge in [-0.3, -0.25) is 0 Å². The molecule has 0 saturated carbocycles. The van der Waals surface area contributed by atoms with Gasteiger partial charge in [0.05, 0.1) is 17.6 Å². The molecule has 1 aliphatic heterocycles. The fourth-order valence-electron chi connectivity index (χ4n) is 2.20. The number of hydrogen-bond donors (Lipinski definition) is 2. The Morgan fingerprint density at radius 1 is 1.32 bits per heavy atom. The lowest BCUT2D eigenvalue weighted by Gasteiger charge is -2.38. The minimum Gasteiger partial charge on any atom is -0.399 e. The molecule has 2 unspecified atom stereocenters. The van der Waals surface area contributed by atoms with Gasteiger partial charge in [0.15, 0.2) is 0 Å². The molecule has 1 saturated heterocycles. The van der Waals surface area contributed by atoms with Crippen LogP contribution in [0.2, 0.25) is 0 Å². The predicted molar refractivity (Wildman–Crippen MR) is 74.4 cm³/mol. The van der Waals surface area contributed by atoms with Crippen molar-refractivity contribution >= 4 is 21.4 Å². The number of nitrogens with zero attached hydrogens (tertiary/aromatic N) is 1. The highest BCUT2D eigenvalue weighted by atomic mass is 32.2. The van der Waals surface area contributed by atoms with Crippen molar-refractivity contribution in [2.75, 3.05) is 23.8 Å². The number of nitrogens with two attached hydrogens (primary N) is 2. The minimum absolute atomic E-state index is 0.0360. The summed E-state index contributed by atoms with van der Waals surface area (Å²) in [4.78, 5) is 2.12. The normalized spacial score (nSPS) is 24.5. The Morgan fingerprint density at radius 2 is 2.00 bits per heavy atom. The summed E-state index contributed by atoms with van der Waals surface area (Å²) < 4.78 is 28.4. The van der Waals surface area contributed by atoms with Crippen molar-refractivity contribution in [1.82, 2.24) is 0 Å². The average Bonchev–Trinajstić information content (AvgIpc) is 2.30. The molecule has 1 aromatic carbocycles. The molecule has 0 aromatic heterocycles. The van der Waals surface area contributed by atoms with E-state index in [0.29, 0.717) is 18.8 Å². The zero-order valence-electron chi connectivity index (χ0n) is 11.0. The maximum absolute atomic E-state index is 11.4. The van der Waals surface area contributed by atoms with Crippen LogP contribution in [-0.2, 0) is 14.8 Å². The lowest BCUT2D eigenvalue weighted by molar-refractivity contribution is 0.0344. The molecule has 106 valence electrons. The third-order valence-electron chi connectivity index (χ3n) is 3.18. The monoisotopic (exact) mass is 285 g/mol. The highest BCUT2D eigenvalue weighted by Crippen LogP contribution is 2.27. The van der Waals surface area contributed by atoms with Gasteiger partial charge in [0.2, 0.25) is 10.0 Å². The third kappa shape index (κ3) is 3.17. The largest absolute Gasteiger partial charge is 0.399 e. The number of morpholine rings is 1. The Hall–Kier alpha value is -1.31. The molecule has 4 N–H and O–H groups in total. The highest BCUT2D eigenvalue weighted by molar-refractivity contribution is 7.89. The van der Waals surface area contributed by atoms with Crippen molar-refractivity contribution in [3.8, 4) is 0 Å². The lowest BCUT2D eigenvalue weighted by atomic mass is 10.1. The molecule has 0 radical (unpaired) electrons. The quantitative estimate of drug-likeness (QED) is 0.772. The van der Waals surface area contributed by atoms with Crippen LogP contribution in [0.5, 0.6) is 0 Å². The van der Waals surface area contributed by atoms with Crippen LogP contribution in [0.3, 0.4) is 0 Å². The van der Waals surface area contributed by atoms with Crippen LogP contribution < -0.4 is 15.8 Å². The second kappa shape index (κ2) is 4.99. The van der Waals surface area contributed by atoms with E-state index in [-0.39, 0.29) is 17.0 Å². The van der Waals surface area contributed by atoms with Gasteiger partial charge in [0.1, 0.15) is 0 Å². The first-order valence-corrected chi connectivity index (χ1v) is 7.63. The highest BCUT2D eigenvalue weighted by Gasteiger charge is 2.24. The van der Waals surface area contributed by atoms with E-state index < -0.39 is 10.0 Å². The summed E-state index contributed by atoms with van der Waals surface area (Å²) in [6.45, 7) is 5.28. The van der Waals surface area contributed by atoms with Gasteiger partial charge >= 0.3 is 0 Å². The van der Waals surface area contributed by atoms with E-state index in [2.05, 4.69) is 4.90 Å². The summed E-state index contributed by atoms with van der Waals surface area (Å²) in [5, 5.41) is 5.16. The Kier molecular flexibility index (Phi) is 3.71. The molecule has 1 aliphatic rings. The van der Waals surface area contributed by atoms with E-state index in [9.17, 15) is 8.42 Å². The van der Waals surface area contributed by atoms with Crippen LogP contribution >= 0.6 is 0 Å². The molecule has 0 aliphatic carbocycles. The molecular weight excluding hydrogens is 266 g/mol. The first-order chi connectivity index (χ1) is 8.77. The van der Waals surface area contributed by atoms with Gasteiger partial charge in [0.25, 0.3) is 0 Å². The van der Waals surface area contributed by atoms with Crippen molar-refractivity contribution in [2.45, 2.75) is 30.9 Å². The average molecular weight is 285 g/mol. The van der Waals surface area contributed by atoms with E-state index in [0.717, 1.165) is 5.69 Å². The van der Waals surface area contributed by atoms with Crippen molar-refractivity contribution in [1.29, 1.82) is 0 Å². The number of rotatable bonds is 2. The number of primary sulfonamides is 1. The Bertz CT molecular complexity index is 574. The molecule has 7 heteroatoms. The number of hydrogen-bond acceptors (Lipinski definition) is 5. The van der Waals surface area contributed by atoms with Gasteiger partial charge in [-0.1, -0.05) is 0 Å². The lowest BCUT2D eigenvalue weighted by Crippen LogP contribution is -2.47. The summed E-state index contributed by atoms with van der Waals surface area (Å²) >= 11 is 0. The maximum Gasteiger partial charge on any atom is 0.238 e. The summed E-state index contributed by atoms with van der Waals surface area (Å²) in [7, 11) is -3.76. The molecule has 1 fully saturated rings. The summed E-state index contributed by atoms with van der Waals surface area (Å²) in [6, 6.07) is 4.84. The SMILES string of the molecule is CC1CN(c2cc(N)cc(S(N)(=O)=O)c2)C(C)CO1. The van der Waals surface area contributed by atoms with Crippen LogP contribution in [-0.4, -0.2) is 33.7 Å². The predicted octanol–water partition coefficient (Wildman–Crippen LogP) is 0.530. The third-order valence-corrected chi connectivity index (χ3v) is 4.07. The smallest absolute Gasteiger partial charge is 0.238 e. The summed E-state index contributed by atoms with van der Waals surface area (Å²) in [5.74, 6) is 0. The van der Waals surface area contributed by atoms with Crippen LogP contribution in [0.25, 0.3) is 0 Å². The number of sulfonamides is 1. The van der Waals surface area contributed by atoms with Crippen molar-refractivity contribution in [2.24, 2.45) is 5.14 Å². The maximum atomic E-state index is 11.4. The van der Waals surface area contributed by atoms with Crippen LogP contribution in [0.1, 0.15) is 13.8 Å². The fraction of sp³-hybridized carbons (Fsp3) is 0.500. The van der Waals surface area contributed by atoms with Gasteiger partial charge in [-0.2, -0.15) is 0 Å². The fourth-order valence-corrected chi connectivity index (χ4v) is 2.78. The number of nitrogen functional groups attached to an aromatic ring is 1. The second-order valence-corrected chi connectivity index (χ2v) is 6.51. The van der Waals surface area contributed by atoms with Crippen molar-refractivity contribution in [3.63, 3.8) is 0 Å². The van der Waals surface area contributed by atoms with E-state index >= 15 is 0 Å². The zero-order valence-corrected chi connectivity index (χ0v) is 11.9. The zero-order chi connectivity index (χ0) is 14.2. The number of benzene rings is 1. The molecule has 2 rings (SSSR count). The molecule has 1 heterocycles. The van der Waals surface area contributed by atoms with Crippen LogP contribution in [0.4, 0.5) is 11.4 Å². The van der Waals surface area contributed by atoms with E-state index in [1.807, 2.05) is 13.8 Å². The first kappa shape index (κ1) is 14.1. The summed E-state index contributed by atoms with van der Waals surface area (Å²) in [6.07, 6.45) is 0.0931. The van der Waals surface area contributed by atoms with Crippen LogP contribution in [0.15, 0.2) is 23.1 Å². The molecule has 19 heavy (non-hydrogen) atoms. The Balaban J connectivity index is 2.42. The summed E-state index contributed by atoms with van der Waals surface area (Å²) in [5.41, 5.74) is 6.90. The molecule has 0 bridgehead atoms. The van der Waals surface area contributed by atoms with Gasteiger partial charge < -0.3 is 15.4 Å². The van der Waals surface area contributed by atoms with E-state index in [1.54, 1.807) is 12.1 Å². The van der Waals surface area contributed by atoms with Gasteiger partial charge in [0, 0.05) is 24.0 Å². The molecule has 0 amide bonds. The van der Waals surface area contributed by atoms with Gasteiger partial charge in [-0.25, -0.2) is 13.6 Å². The number of anilines is 2. The topological polar surface area (TPSA) is 98.6 Å². The van der Waals surface area contributed by atoms with Gasteiger partial charge in [-0.15, -0.1) is 0 Å². The Morgan fingerprint density at radius 3 is 2.63 bits per heavy atom. The minimum atomic E-state index is -3.76. The van der Waals surface area contributed by atoms with Gasteiger partial charge in [-0.05, 0) is 32.0 Å².